The Morgan fingerprint density at radius 1 is 0.746 bits per heavy atom. The number of carbonyl (C=O) groups excluding carboxylic acids is 3. The van der Waals surface area contributed by atoms with Crippen LogP contribution < -0.4 is 14.8 Å². The molecule has 59 heavy (non-hydrogen) atoms. The van der Waals surface area contributed by atoms with E-state index in [-0.39, 0.29) is 62.2 Å². The van der Waals surface area contributed by atoms with E-state index in [1.165, 1.54) is 18.3 Å². The molecule has 5 heterocycles. The maximum atomic E-state index is 14.2. The molecule has 1 fully saturated rings. The average Bonchev–Trinajstić information content (AvgIpc) is 3.65. The fourth-order valence-electron chi connectivity index (χ4n) is 7.01. The van der Waals surface area contributed by atoms with Crippen LogP contribution in [0.1, 0.15) is 39.1 Å². The van der Waals surface area contributed by atoms with Crippen molar-refractivity contribution in [2.45, 2.75) is 25.1 Å². The van der Waals surface area contributed by atoms with Crippen LogP contribution in [0.5, 0.6) is 11.6 Å². The van der Waals surface area contributed by atoms with Crippen LogP contribution in [-0.4, -0.2) is 109 Å². The molecule has 2 aliphatic heterocycles. The summed E-state index contributed by atoms with van der Waals surface area (Å²) >= 11 is 0. The standard InChI is InChI=1S/C42H42F3N5O9/c1-26-3-8-36(39(51)48-26)50-40(52)30-7-5-28(22-31(30)41(50)53)58-19-17-56-15-13-54-11-12-55-14-16-57-18-20-59-38-23-34(42(43,44)45)32(25-47-38)27-4-6-29-33-24-46-10-9-35(33)49(2)37(29)21-27/h4-7,9-10,21-25,36H,1,3,8,11-20H2,2H3,(H,48,51). The van der Waals surface area contributed by atoms with Crippen LogP contribution in [0.15, 0.2) is 79.4 Å². The zero-order chi connectivity index (χ0) is 41.5. The molecular weight excluding hydrogens is 775 g/mol. The Hall–Kier alpha value is -5.88. The van der Waals surface area contributed by atoms with Gasteiger partial charge in [0.25, 0.3) is 11.8 Å². The second-order valence-corrected chi connectivity index (χ2v) is 13.7. The molecule has 0 radical (unpaired) electrons. The van der Waals surface area contributed by atoms with Gasteiger partial charge in [-0.05, 0) is 48.7 Å². The first-order valence-corrected chi connectivity index (χ1v) is 19.0. The molecule has 0 spiro atoms. The predicted molar refractivity (Wildman–Crippen MR) is 208 cm³/mol. The van der Waals surface area contributed by atoms with Crippen LogP contribution in [0.2, 0.25) is 0 Å². The van der Waals surface area contributed by atoms with Gasteiger partial charge < -0.3 is 38.3 Å². The van der Waals surface area contributed by atoms with E-state index in [2.05, 4.69) is 21.9 Å². The van der Waals surface area contributed by atoms with Crippen molar-refractivity contribution >= 4 is 39.5 Å². The number of amides is 3. The van der Waals surface area contributed by atoms with Crippen molar-refractivity contribution in [2.24, 2.45) is 7.05 Å². The van der Waals surface area contributed by atoms with Gasteiger partial charge in [0.2, 0.25) is 11.8 Å². The smallest absolute Gasteiger partial charge is 0.417 e. The molecule has 1 saturated heterocycles. The SMILES string of the molecule is C=C1CCC(N2C(=O)c3ccc(OCCOCCOCCOCCOCCOc4cc(C(F)(F)F)c(-c5ccc6c7cnccc7n(C)c6c5)cn4)cc3C2=O)C(=O)N1. The van der Waals surface area contributed by atoms with Crippen LogP contribution in [0.4, 0.5) is 13.2 Å². The van der Waals surface area contributed by atoms with Crippen molar-refractivity contribution in [3.63, 3.8) is 0 Å². The molecular formula is C42H42F3N5O9. The quantitative estimate of drug-likeness (QED) is 0.0805. The number of alkyl halides is 3. The van der Waals surface area contributed by atoms with Crippen LogP contribution in [0.25, 0.3) is 32.9 Å². The normalized spacial score (nSPS) is 15.7. The van der Waals surface area contributed by atoms with Crippen LogP contribution in [0.3, 0.4) is 0 Å². The lowest BCUT2D eigenvalue weighted by atomic mass is 10.00. The Balaban J connectivity index is 0.734. The van der Waals surface area contributed by atoms with Crippen LogP contribution in [0, 0.1) is 0 Å². The molecule has 5 aromatic rings. The first-order chi connectivity index (χ1) is 28.5. The summed E-state index contributed by atoms with van der Waals surface area (Å²) in [5.41, 5.74) is 2.17. The summed E-state index contributed by atoms with van der Waals surface area (Å²) in [4.78, 5) is 47.6. The third-order valence-corrected chi connectivity index (χ3v) is 9.92. The number of imide groups is 1. The second kappa shape index (κ2) is 18.4. The van der Waals surface area contributed by atoms with Crippen LogP contribution >= 0.6 is 0 Å². The molecule has 0 aliphatic carbocycles. The number of aromatic nitrogens is 3. The zero-order valence-electron chi connectivity index (χ0n) is 32.2. The summed E-state index contributed by atoms with van der Waals surface area (Å²) in [5, 5.41) is 4.42. The topological polar surface area (TPSA) is 153 Å². The summed E-state index contributed by atoms with van der Waals surface area (Å²) in [7, 11) is 1.86. The maximum absolute atomic E-state index is 14.2. The number of allylic oxidation sites excluding steroid dienone is 1. The highest BCUT2D eigenvalue weighted by Gasteiger charge is 2.44. The number of hydrogen-bond donors (Lipinski definition) is 1. The van der Waals surface area contributed by atoms with Gasteiger partial charge in [-0.15, -0.1) is 0 Å². The van der Waals surface area contributed by atoms with E-state index in [0.717, 1.165) is 32.8 Å². The number of rotatable bonds is 19. The number of nitrogens with zero attached hydrogens (tertiary/aromatic N) is 4. The highest BCUT2D eigenvalue weighted by Crippen LogP contribution is 2.40. The van der Waals surface area contributed by atoms with Gasteiger partial charge in [-0.2, -0.15) is 13.2 Å². The number of ether oxygens (including phenoxy) is 6. The highest BCUT2D eigenvalue weighted by molar-refractivity contribution is 6.23. The lowest BCUT2D eigenvalue weighted by Gasteiger charge is -2.29. The molecule has 3 amide bonds. The third kappa shape index (κ3) is 9.38. The fourth-order valence-corrected chi connectivity index (χ4v) is 7.01. The van der Waals surface area contributed by atoms with Gasteiger partial charge in [-0.1, -0.05) is 18.7 Å². The van der Waals surface area contributed by atoms with E-state index < -0.39 is 35.5 Å². The van der Waals surface area contributed by atoms with Crippen LogP contribution in [-0.2, 0) is 37.0 Å². The number of nitrogens with one attached hydrogen (secondary N) is 1. The minimum Gasteiger partial charge on any atom is -0.491 e. The van der Waals surface area contributed by atoms with Gasteiger partial charge >= 0.3 is 6.18 Å². The molecule has 2 aromatic carbocycles. The highest BCUT2D eigenvalue weighted by atomic mass is 19.4. The molecule has 0 saturated carbocycles. The molecule has 1 atom stereocenters. The number of benzene rings is 2. The minimum absolute atomic E-state index is 0.000589. The number of carbonyl (C=O) groups is 3. The van der Waals surface area contributed by atoms with Gasteiger partial charge in [0.05, 0.1) is 75.1 Å². The van der Waals surface area contributed by atoms with E-state index in [1.807, 2.05) is 17.7 Å². The van der Waals surface area contributed by atoms with Crippen molar-refractivity contribution in [3.05, 3.63) is 96.1 Å². The number of fused-ring (bicyclic) bond motifs is 4. The van der Waals surface area contributed by atoms with Gasteiger partial charge in [0.1, 0.15) is 25.0 Å². The molecule has 1 unspecified atom stereocenters. The predicted octanol–water partition coefficient (Wildman–Crippen LogP) is 5.72. The van der Waals surface area contributed by atoms with E-state index in [9.17, 15) is 27.6 Å². The van der Waals surface area contributed by atoms with Crippen molar-refractivity contribution in [2.75, 3.05) is 66.1 Å². The van der Waals surface area contributed by atoms with E-state index in [0.29, 0.717) is 56.3 Å². The summed E-state index contributed by atoms with van der Waals surface area (Å²) in [6, 6.07) is 11.7. The number of aryl methyl sites for hydroxylation is 1. The molecule has 1 N–H and O–H groups in total. The molecule has 17 heteroatoms. The number of hydrogen-bond acceptors (Lipinski definition) is 11. The molecule has 310 valence electrons. The Morgan fingerprint density at radius 2 is 1.41 bits per heavy atom. The Labute approximate surface area is 336 Å². The Kier molecular flexibility index (Phi) is 12.9. The van der Waals surface area contributed by atoms with Crippen molar-refractivity contribution in [3.8, 4) is 22.8 Å². The monoisotopic (exact) mass is 817 g/mol. The van der Waals surface area contributed by atoms with E-state index in [4.69, 9.17) is 28.4 Å². The largest absolute Gasteiger partial charge is 0.491 e. The summed E-state index contributed by atoms with van der Waals surface area (Å²) < 4.78 is 77.6. The van der Waals surface area contributed by atoms with E-state index >= 15 is 0 Å². The maximum Gasteiger partial charge on any atom is 0.417 e. The first kappa shape index (κ1) is 41.3. The molecule has 2 aliphatic rings. The third-order valence-electron chi connectivity index (χ3n) is 9.92. The molecule has 0 bridgehead atoms. The lowest BCUT2D eigenvalue weighted by molar-refractivity contribution is -0.137. The summed E-state index contributed by atoms with van der Waals surface area (Å²) in [5.74, 6) is -1.23. The van der Waals surface area contributed by atoms with Crippen molar-refractivity contribution < 1.29 is 56.0 Å². The molecule has 14 nitrogen and oxygen atoms in total. The van der Waals surface area contributed by atoms with E-state index in [1.54, 1.807) is 36.7 Å². The first-order valence-electron chi connectivity index (χ1n) is 19.0. The fraction of sp³-hybridized carbons (Fsp3) is 0.357. The second-order valence-electron chi connectivity index (χ2n) is 13.7. The Bertz CT molecular complexity index is 2370. The number of halogens is 3. The lowest BCUT2D eigenvalue weighted by Crippen LogP contribution is -2.51. The van der Waals surface area contributed by atoms with Gasteiger partial charge in [0, 0.05) is 59.3 Å². The average molecular weight is 818 g/mol. The van der Waals surface area contributed by atoms with Gasteiger partial charge in [0.15, 0.2) is 0 Å². The molecule has 7 rings (SSSR count). The number of piperidine rings is 1. The zero-order valence-corrected chi connectivity index (χ0v) is 32.2. The van der Waals surface area contributed by atoms with Gasteiger partial charge in [-0.3, -0.25) is 24.3 Å². The van der Waals surface area contributed by atoms with Gasteiger partial charge in [-0.25, -0.2) is 4.98 Å². The Morgan fingerprint density at radius 3 is 2.08 bits per heavy atom. The van der Waals surface area contributed by atoms with Crippen molar-refractivity contribution in [1.29, 1.82) is 0 Å². The number of pyridine rings is 2. The summed E-state index contributed by atoms with van der Waals surface area (Å²) in [6.07, 6.45) is 0.775. The summed E-state index contributed by atoms with van der Waals surface area (Å²) in [6.45, 7) is 6.14. The van der Waals surface area contributed by atoms with Crippen molar-refractivity contribution in [1.82, 2.24) is 24.8 Å². The minimum atomic E-state index is -4.63. The molecule has 3 aromatic heterocycles.